The highest BCUT2D eigenvalue weighted by Gasteiger charge is 2.14. The maximum Gasteiger partial charge on any atom is 0.0934 e. The Balaban J connectivity index is 1.89. The van der Waals surface area contributed by atoms with Crippen molar-refractivity contribution in [2.24, 2.45) is 0 Å². The fourth-order valence-electron chi connectivity index (χ4n) is 2.65. The van der Waals surface area contributed by atoms with E-state index in [1.54, 1.807) is 0 Å². The molecule has 1 radical (unpaired) electrons. The Bertz CT molecular complexity index is 840. The largest absolute Gasteiger partial charge is 0.232 e. The molecule has 0 fully saturated rings. The third-order valence-corrected chi connectivity index (χ3v) is 3.74. The van der Waals surface area contributed by atoms with Crippen LogP contribution in [0.1, 0.15) is 5.69 Å². The first-order chi connectivity index (χ1) is 10.9. The van der Waals surface area contributed by atoms with Gasteiger partial charge in [-0.25, -0.2) is 4.68 Å². The summed E-state index contributed by atoms with van der Waals surface area (Å²) in [5, 5.41) is 4.82. The second kappa shape index (κ2) is 5.49. The van der Waals surface area contributed by atoms with E-state index in [1.807, 2.05) is 41.1 Å². The fourth-order valence-corrected chi connectivity index (χ4v) is 2.65. The van der Waals surface area contributed by atoms with E-state index < -0.39 is 0 Å². The molecule has 2 heteroatoms. The van der Waals surface area contributed by atoms with E-state index in [2.05, 4.69) is 55.0 Å². The molecule has 0 aliphatic heterocycles. The van der Waals surface area contributed by atoms with E-state index in [0.717, 1.165) is 22.6 Å². The average molecular weight is 283 g/mol. The van der Waals surface area contributed by atoms with E-state index in [9.17, 15) is 0 Å². The molecular weight excluding hydrogens is 268 g/mol. The molecule has 1 aliphatic rings. The van der Waals surface area contributed by atoms with E-state index in [1.165, 1.54) is 5.57 Å². The Morgan fingerprint density at radius 2 is 1.55 bits per heavy atom. The number of allylic oxidation sites excluding steroid dienone is 4. The first-order valence-electron chi connectivity index (χ1n) is 7.35. The summed E-state index contributed by atoms with van der Waals surface area (Å²) < 4.78 is 2.01. The van der Waals surface area contributed by atoms with Gasteiger partial charge in [-0.05, 0) is 23.8 Å². The van der Waals surface area contributed by atoms with E-state index in [0.29, 0.717) is 0 Å². The first kappa shape index (κ1) is 12.8. The third kappa shape index (κ3) is 2.29. The molecule has 4 rings (SSSR count). The zero-order valence-electron chi connectivity index (χ0n) is 12.1. The second-order valence-corrected chi connectivity index (χ2v) is 5.20. The number of hydrogen-bond acceptors (Lipinski definition) is 1. The van der Waals surface area contributed by atoms with Crippen LogP contribution < -0.4 is 0 Å². The molecule has 2 aromatic carbocycles. The van der Waals surface area contributed by atoms with Gasteiger partial charge in [0.05, 0.1) is 17.1 Å². The lowest BCUT2D eigenvalue weighted by molar-refractivity contribution is 0.872. The zero-order valence-corrected chi connectivity index (χ0v) is 12.1. The fraction of sp³-hybridized carbons (Fsp3) is 0. The summed E-state index contributed by atoms with van der Waals surface area (Å²) in [5.41, 5.74) is 5.47. The van der Waals surface area contributed by atoms with E-state index in [-0.39, 0.29) is 0 Å². The summed E-state index contributed by atoms with van der Waals surface area (Å²) >= 11 is 0. The molecule has 0 spiro atoms. The summed E-state index contributed by atoms with van der Waals surface area (Å²) in [6, 6.07) is 22.7. The number of rotatable bonds is 3. The van der Waals surface area contributed by atoms with Gasteiger partial charge in [-0.2, -0.15) is 5.10 Å². The highest BCUT2D eigenvalue weighted by molar-refractivity contribution is 5.79. The molecule has 0 unspecified atom stereocenters. The SMILES string of the molecule is [CH]1C=CC(c2cc(-c3ccccc3)nn2-c2ccccc2)=C1. The first-order valence-corrected chi connectivity index (χ1v) is 7.35. The molecule has 105 valence electrons. The maximum atomic E-state index is 4.82. The number of benzene rings is 2. The van der Waals surface area contributed by atoms with Crippen LogP contribution in [0.25, 0.3) is 22.5 Å². The molecule has 22 heavy (non-hydrogen) atoms. The van der Waals surface area contributed by atoms with Crippen molar-refractivity contribution in [2.45, 2.75) is 0 Å². The Morgan fingerprint density at radius 3 is 2.23 bits per heavy atom. The number of para-hydroxylation sites is 1. The Kier molecular flexibility index (Phi) is 3.20. The van der Waals surface area contributed by atoms with Crippen LogP contribution in [0, 0.1) is 6.42 Å². The lowest BCUT2D eigenvalue weighted by atomic mass is 10.1. The molecule has 0 saturated carbocycles. The molecule has 0 atom stereocenters. The smallest absolute Gasteiger partial charge is 0.0934 e. The predicted octanol–water partition coefficient (Wildman–Crippen LogP) is 4.70. The zero-order chi connectivity index (χ0) is 14.8. The molecular formula is C20H15N2. The van der Waals surface area contributed by atoms with Crippen molar-refractivity contribution in [3.8, 4) is 16.9 Å². The number of aromatic nitrogens is 2. The highest BCUT2D eigenvalue weighted by Crippen LogP contribution is 2.28. The maximum absolute atomic E-state index is 4.82. The molecule has 3 aromatic rings. The van der Waals surface area contributed by atoms with Crippen LogP contribution in [0.15, 0.2) is 85.0 Å². The molecule has 1 heterocycles. The van der Waals surface area contributed by atoms with E-state index in [4.69, 9.17) is 5.10 Å². The Morgan fingerprint density at radius 1 is 0.818 bits per heavy atom. The van der Waals surface area contributed by atoms with E-state index >= 15 is 0 Å². The van der Waals surface area contributed by atoms with Gasteiger partial charge in [-0.15, -0.1) is 0 Å². The van der Waals surface area contributed by atoms with Crippen LogP contribution in [0.5, 0.6) is 0 Å². The van der Waals surface area contributed by atoms with Crippen molar-refractivity contribution in [2.75, 3.05) is 0 Å². The van der Waals surface area contributed by atoms with Crippen LogP contribution >= 0.6 is 0 Å². The van der Waals surface area contributed by atoms with Crippen molar-refractivity contribution in [3.63, 3.8) is 0 Å². The third-order valence-electron chi connectivity index (χ3n) is 3.74. The summed E-state index contributed by atoms with van der Waals surface area (Å²) in [6.07, 6.45) is 8.34. The van der Waals surface area contributed by atoms with Crippen LogP contribution in [-0.4, -0.2) is 9.78 Å². The lowest BCUT2D eigenvalue weighted by Crippen LogP contribution is -2.00. The van der Waals surface area contributed by atoms with Gasteiger partial charge in [-0.1, -0.05) is 66.8 Å². The quantitative estimate of drug-likeness (QED) is 0.681. The van der Waals surface area contributed by atoms with Gasteiger partial charge in [0.15, 0.2) is 0 Å². The molecule has 0 N–H and O–H groups in total. The second-order valence-electron chi connectivity index (χ2n) is 5.20. The van der Waals surface area contributed by atoms with Gasteiger partial charge in [0.1, 0.15) is 0 Å². The van der Waals surface area contributed by atoms with Gasteiger partial charge in [0.25, 0.3) is 0 Å². The normalized spacial score (nSPS) is 13.4. The van der Waals surface area contributed by atoms with Crippen molar-refractivity contribution < 1.29 is 0 Å². The van der Waals surface area contributed by atoms with Gasteiger partial charge in [-0.3, -0.25) is 0 Å². The number of nitrogens with zero attached hydrogens (tertiary/aromatic N) is 2. The lowest BCUT2D eigenvalue weighted by Gasteiger charge is -2.06. The standard InChI is InChI=1S/C20H15N2/c1-3-9-16(10-4-1)19-15-20(17-11-7-8-12-17)22(21-19)18-13-5-2-6-14-18/h1-15H. The minimum absolute atomic E-state index is 0.987. The summed E-state index contributed by atoms with van der Waals surface area (Å²) in [7, 11) is 0. The Hall–Kier alpha value is -2.87. The predicted molar refractivity (Wildman–Crippen MR) is 90.4 cm³/mol. The molecule has 0 amide bonds. The average Bonchev–Trinajstić information content (AvgIpc) is 3.26. The van der Waals surface area contributed by atoms with Crippen LogP contribution in [0.3, 0.4) is 0 Å². The molecule has 2 nitrogen and oxygen atoms in total. The molecule has 1 aromatic heterocycles. The summed E-state index contributed by atoms with van der Waals surface area (Å²) in [5.74, 6) is 0. The summed E-state index contributed by atoms with van der Waals surface area (Å²) in [6.45, 7) is 0. The van der Waals surface area contributed by atoms with Crippen molar-refractivity contribution in [1.29, 1.82) is 0 Å². The number of hydrogen-bond donors (Lipinski definition) is 0. The monoisotopic (exact) mass is 283 g/mol. The van der Waals surface area contributed by atoms with Crippen molar-refractivity contribution in [3.05, 3.63) is 97.1 Å². The van der Waals surface area contributed by atoms with Gasteiger partial charge < -0.3 is 0 Å². The van der Waals surface area contributed by atoms with Gasteiger partial charge >= 0.3 is 0 Å². The minimum atomic E-state index is 0.987. The Labute approximate surface area is 130 Å². The van der Waals surface area contributed by atoms with Crippen molar-refractivity contribution >= 4 is 5.57 Å². The van der Waals surface area contributed by atoms with Crippen LogP contribution in [0.2, 0.25) is 0 Å². The highest BCUT2D eigenvalue weighted by atomic mass is 15.3. The topological polar surface area (TPSA) is 17.8 Å². The van der Waals surface area contributed by atoms with Crippen molar-refractivity contribution in [1.82, 2.24) is 9.78 Å². The van der Waals surface area contributed by atoms with Gasteiger partial charge in [0.2, 0.25) is 0 Å². The molecule has 1 aliphatic carbocycles. The molecule has 0 saturated heterocycles. The van der Waals surface area contributed by atoms with Crippen LogP contribution in [-0.2, 0) is 0 Å². The minimum Gasteiger partial charge on any atom is -0.232 e. The van der Waals surface area contributed by atoms with Crippen LogP contribution in [0.4, 0.5) is 0 Å². The summed E-state index contributed by atoms with van der Waals surface area (Å²) in [4.78, 5) is 0. The molecule has 0 bridgehead atoms. The van der Waals surface area contributed by atoms with Gasteiger partial charge in [0, 0.05) is 12.0 Å².